The van der Waals surface area contributed by atoms with Crippen molar-refractivity contribution < 1.29 is 31.2 Å². The zero-order valence-electron chi connectivity index (χ0n) is 16.4. The molecule has 1 fully saturated rings. The van der Waals surface area contributed by atoms with Gasteiger partial charge in [-0.1, -0.05) is 0 Å². The van der Waals surface area contributed by atoms with Crippen LogP contribution >= 0.6 is 0 Å². The van der Waals surface area contributed by atoms with E-state index in [1.165, 1.54) is 11.0 Å². The highest BCUT2D eigenvalue weighted by Gasteiger charge is 2.38. The van der Waals surface area contributed by atoms with Gasteiger partial charge < -0.3 is 10.2 Å². The van der Waals surface area contributed by atoms with E-state index in [0.717, 1.165) is 17.1 Å². The molecule has 3 rings (SSSR count). The van der Waals surface area contributed by atoms with E-state index >= 15 is 0 Å². The van der Waals surface area contributed by atoms with Crippen LogP contribution in [0.3, 0.4) is 0 Å². The van der Waals surface area contributed by atoms with Gasteiger partial charge in [-0.2, -0.15) is 18.3 Å². The molecule has 1 atom stereocenters. The van der Waals surface area contributed by atoms with Crippen LogP contribution < -0.4 is 10.2 Å². The number of halogens is 3. The predicted molar refractivity (Wildman–Crippen MR) is 105 cm³/mol. The maximum Gasteiger partial charge on any atom is 0.418 e. The molecule has 30 heavy (non-hydrogen) atoms. The number of alkyl halides is 3. The summed E-state index contributed by atoms with van der Waals surface area (Å²) in [5, 5.41) is 7.20. The van der Waals surface area contributed by atoms with Crippen molar-refractivity contribution in [2.45, 2.75) is 31.5 Å². The number of anilines is 2. The van der Waals surface area contributed by atoms with E-state index in [-0.39, 0.29) is 36.5 Å². The molecule has 2 aliphatic heterocycles. The highest BCUT2D eigenvalue weighted by atomic mass is 32.2. The third-order valence-electron chi connectivity index (χ3n) is 4.95. The summed E-state index contributed by atoms with van der Waals surface area (Å²) in [4.78, 5) is 26.2. The number of carbonyl (C=O) groups is 2. The van der Waals surface area contributed by atoms with Gasteiger partial charge in [0.05, 0.1) is 28.8 Å². The molecule has 2 aliphatic rings. The lowest BCUT2D eigenvalue weighted by Gasteiger charge is -2.27. The van der Waals surface area contributed by atoms with Gasteiger partial charge in [-0.25, -0.2) is 13.4 Å². The highest BCUT2D eigenvalue weighted by molar-refractivity contribution is 7.91. The molecular formula is C18H21F3N4O4S. The lowest BCUT2D eigenvalue weighted by atomic mass is 10.1. The maximum absolute atomic E-state index is 13.5. The standard InChI is InChI=1S/C18H21F3N4O4S/c1-24(2)11-3-4-14(13(9-11)18(19,20)21)22-17(27)15-5-6-16(26)25(23-15)12-7-8-30(28,29)10-12/h3-4,9,12H,5-8,10H2,1-2H3,(H,22,27). The highest BCUT2D eigenvalue weighted by Crippen LogP contribution is 2.37. The lowest BCUT2D eigenvalue weighted by molar-refractivity contribution is -0.137. The van der Waals surface area contributed by atoms with Gasteiger partial charge in [0.2, 0.25) is 5.91 Å². The summed E-state index contributed by atoms with van der Waals surface area (Å²) in [6.07, 6.45) is -4.60. The fourth-order valence-corrected chi connectivity index (χ4v) is 5.03. The van der Waals surface area contributed by atoms with E-state index in [1.54, 1.807) is 14.1 Å². The van der Waals surface area contributed by atoms with Gasteiger partial charge in [-0.15, -0.1) is 0 Å². The molecule has 8 nitrogen and oxygen atoms in total. The number of rotatable bonds is 4. The van der Waals surface area contributed by atoms with E-state index in [4.69, 9.17) is 0 Å². The zero-order valence-corrected chi connectivity index (χ0v) is 17.2. The quantitative estimate of drug-likeness (QED) is 0.762. The summed E-state index contributed by atoms with van der Waals surface area (Å²) in [6.45, 7) is 0. The van der Waals surface area contributed by atoms with E-state index in [0.29, 0.717) is 5.69 Å². The average molecular weight is 446 g/mol. The molecule has 1 aromatic carbocycles. The largest absolute Gasteiger partial charge is 0.418 e. The average Bonchev–Trinajstić information content (AvgIpc) is 3.00. The van der Waals surface area contributed by atoms with Gasteiger partial charge >= 0.3 is 6.18 Å². The number of hydrogen-bond donors (Lipinski definition) is 1. The topological polar surface area (TPSA) is 99.2 Å². The molecule has 0 bridgehead atoms. The Labute approximate surface area is 171 Å². The molecule has 1 saturated heterocycles. The summed E-state index contributed by atoms with van der Waals surface area (Å²) in [7, 11) is -0.0872. The summed E-state index contributed by atoms with van der Waals surface area (Å²) in [5.74, 6) is -1.61. The van der Waals surface area contributed by atoms with Gasteiger partial charge in [-0.05, 0) is 24.6 Å². The third-order valence-corrected chi connectivity index (χ3v) is 6.70. The second-order valence-electron chi connectivity index (χ2n) is 7.42. The molecule has 164 valence electrons. The first-order valence-electron chi connectivity index (χ1n) is 9.17. The maximum atomic E-state index is 13.5. The molecular weight excluding hydrogens is 425 g/mol. The van der Waals surface area contributed by atoms with Crippen molar-refractivity contribution in [3.63, 3.8) is 0 Å². The van der Waals surface area contributed by atoms with Crippen molar-refractivity contribution in [3.05, 3.63) is 23.8 Å². The number of benzene rings is 1. The van der Waals surface area contributed by atoms with Gasteiger partial charge in [0, 0.05) is 32.6 Å². The Hall–Kier alpha value is -2.63. The minimum absolute atomic E-state index is 0.0439. The summed E-state index contributed by atoms with van der Waals surface area (Å²) in [6, 6.07) is 2.85. The van der Waals surface area contributed by atoms with Crippen molar-refractivity contribution in [3.8, 4) is 0 Å². The molecule has 0 radical (unpaired) electrons. The molecule has 2 heterocycles. The van der Waals surface area contributed by atoms with Crippen molar-refractivity contribution in [1.82, 2.24) is 5.01 Å². The summed E-state index contributed by atoms with van der Waals surface area (Å²) < 4.78 is 63.8. The molecule has 12 heteroatoms. The van der Waals surface area contributed by atoms with Crippen LogP contribution in [-0.4, -0.2) is 62.6 Å². The number of nitrogens with one attached hydrogen (secondary N) is 1. The number of hydrogen-bond acceptors (Lipinski definition) is 6. The molecule has 0 spiro atoms. The molecule has 1 aromatic rings. The van der Waals surface area contributed by atoms with Crippen LogP contribution in [0, 0.1) is 0 Å². The molecule has 2 amide bonds. The Bertz CT molecular complexity index is 1010. The Morgan fingerprint density at radius 3 is 2.53 bits per heavy atom. The van der Waals surface area contributed by atoms with Crippen molar-refractivity contribution in [2.75, 3.05) is 35.8 Å². The van der Waals surface area contributed by atoms with Gasteiger partial charge in [-0.3, -0.25) is 9.59 Å². The molecule has 0 aliphatic carbocycles. The Balaban J connectivity index is 1.85. The first-order chi connectivity index (χ1) is 13.9. The molecule has 1 unspecified atom stereocenters. The third kappa shape index (κ3) is 4.74. The van der Waals surface area contributed by atoms with Crippen LogP contribution in [-0.2, 0) is 25.6 Å². The van der Waals surface area contributed by atoms with E-state index in [2.05, 4.69) is 10.4 Å². The number of carbonyl (C=O) groups excluding carboxylic acids is 2. The van der Waals surface area contributed by atoms with Gasteiger partial charge in [0.25, 0.3) is 5.91 Å². The van der Waals surface area contributed by atoms with Crippen molar-refractivity contribution >= 4 is 38.7 Å². The van der Waals surface area contributed by atoms with Crippen LogP contribution in [0.2, 0.25) is 0 Å². The Morgan fingerprint density at radius 2 is 1.97 bits per heavy atom. The zero-order chi connectivity index (χ0) is 22.3. The minimum atomic E-state index is -4.69. The summed E-state index contributed by atoms with van der Waals surface area (Å²) in [5.41, 5.74) is -1.24. The lowest BCUT2D eigenvalue weighted by Crippen LogP contribution is -2.42. The van der Waals surface area contributed by atoms with Crippen molar-refractivity contribution in [2.24, 2.45) is 5.10 Å². The van der Waals surface area contributed by atoms with Crippen LogP contribution in [0.4, 0.5) is 24.5 Å². The summed E-state index contributed by atoms with van der Waals surface area (Å²) >= 11 is 0. The van der Waals surface area contributed by atoms with Gasteiger partial charge in [0.15, 0.2) is 9.84 Å². The number of sulfone groups is 1. The van der Waals surface area contributed by atoms with Crippen LogP contribution in [0.15, 0.2) is 23.3 Å². The first kappa shape index (κ1) is 22.1. The number of nitrogens with zero attached hydrogens (tertiary/aromatic N) is 3. The van der Waals surface area contributed by atoms with E-state index in [1.807, 2.05) is 0 Å². The normalized spacial score (nSPS) is 21.4. The Morgan fingerprint density at radius 1 is 1.27 bits per heavy atom. The second kappa shape index (κ2) is 7.89. The number of hydrazone groups is 1. The SMILES string of the molecule is CN(C)c1ccc(NC(=O)C2=NN(C3CCS(=O)(=O)C3)C(=O)CC2)c(C(F)(F)F)c1. The van der Waals surface area contributed by atoms with E-state index in [9.17, 15) is 31.2 Å². The molecule has 0 aromatic heterocycles. The number of amides is 2. The van der Waals surface area contributed by atoms with Crippen LogP contribution in [0.25, 0.3) is 0 Å². The monoisotopic (exact) mass is 446 g/mol. The van der Waals surface area contributed by atoms with Crippen LogP contribution in [0.1, 0.15) is 24.8 Å². The van der Waals surface area contributed by atoms with E-state index < -0.39 is 45.1 Å². The predicted octanol–water partition coefficient (Wildman–Crippen LogP) is 1.88. The van der Waals surface area contributed by atoms with Crippen molar-refractivity contribution in [1.29, 1.82) is 0 Å². The smallest absolute Gasteiger partial charge is 0.378 e. The Kier molecular flexibility index (Phi) is 5.81. The fourth-order valence-electron chi connectivity index (χ4n) is 3.34. The minimum Gasteiger partial charge on any atom is -0.378 e. The molecule has 1 N–H and O–H groups in total. The van der Waals surface area contributed by atoms with Gasteiger partial charge in [0.1, 0.15) is 5.71 Å². The fraction of sp³-hybridized carbons (Fsp3) is 0.500. The second-order valence-corrected chi connectivity index (χ2v) is 9.65. The van der Waals surface area contributed by atoms with Crippen LogP contribution in [0.5, 0.6) is 0 Å². The molecule has 0 saturated carbocycles. The first-order valence-corrected chi connectivity index (χ1v) is 11.0.